The van der Waals surface area contributed by atoms with Crippen LogP contribution in [0.5, 0.6) is 0 Å². The Hall–Kier alpha value is -0.490. The maximum atomic E-state index is 5.89. The molecule has 4 nitrogen and oxygen atoms in total. The Bertz CT molecular complexity index is 331. The lowest BCUT2D eigenvalue weighted by Crippen LogP contribution is -2.49. The van der Waals surface area contributed by atoms with E-state index in [0.29, 0.717) is 24.7 Å². The van der Waals surface area contributed by atoms with Gasteiger partial charge in [-0.2, -0.15) is 0 Å². The van der Waals surface area contributed by atoms with Gasteiger partial charge in [0.1, 0.15) is 0 Å². The topological polar surface area (TPSA) is 51.4 Å². The van der Waals surface area contributed by atoms with Crippen molar-refractivity contribution in [2.24, 2.45) is 5.73 Å². The highest BCUT2D eigenvalue weighted by molar-refractivity contribution is 7.07. The van der Waals surface area contributed by atoms with Crippen LogP contribution in [0.2, 0.25) is 0 Å². The van der Waals surface area contributed by atoms with Gasteiger partial charge in [0.25, 0.3) is 0 Å². The lowest BCUT2D eigenvalue weighted by atomic mass is 9.97. The zero-order valence-electron chi connectivity index (χ0n) is 10.5. The third-order valence-electron chi connectivity index (χ3n) is 3.70. The number of methoxy groups -OCH3 is 1. The molecule has 0 radical (unpaired) electrons. The van der Waals surface area contributed by atoms with E-state index in [2.05, 4.69) is 22.2 Å². The number of rotatable bonds is 4. The van der Waals surface area contributed by atoms with Crippen molar-refractivity contribution >= 4 is 11.3 Å². The predicted octanol–water partition coefficient (Wildman–Crippen LogP) is 1.64. The third kappa shape index (κ3) is 2.85. The summed E-state index contributed by atoms with van der Waals surface area (Å²) in [5.74, 6) is 0. The first-order valence-electron chi connectivity index (χ1n) is 6.13. The number of piperidine rings is 1. The number of nitrogens with zero attached hydrogens (tertiary/aromatic N) is 2. The van der Waals surface area contributed by atoms with Gasteiger partial charge in [-0.05, 0) is 19.8 Å². The Kier molecular flexibility index (Phi) is 4.50. The minimum absolute atomic E-state index is 0.354. The zero-order valence-corrected chi connectivity index (χ0v) is 11.3. The first-order valence-corrected chi connectivity index (χ1v) is 7.07. The van der Waals surface area contributed by atoms with E-state index in [4.69, 9.17) is 10.5 Å². The van der Waals surface area contributed by atoms with E-state index in [-0.39, 0.29) is 0 Å². The maximum absolute atomic E-state index is 5.89. The molecule has 96 valence electrons. The van der Waals surface area contributed by atoms with Crippen molar-refractivity contribution in [3.63, 3.8) is 0 Å². The van der Waals surface area contributed by atoms with Crippen molar-refractivity contribution in [3.8, 4) is 0 Å². The Balaban J connectivity index is 2.04. The Morgan fingerprint density at radius 1 is 1.71 bits per heavy atom. The summed E-state index contributed by atoms with van der Waals surface area (Å²) in [4.78, 5) is 6.87. The van der Waals surface area contributed by atoms with Gasteiger partial charge < -0.3 is 10.5 Å². The minimum Gasteiger partial charge on any atom is -0.381 e. The van der Waals surface area contributed by atoms with E-state index in [1.54, 1.807) is 18.4 Å². The van der Waals surface area contributed by atoms with Gasteiger partial charge in [-0.3, -0.25) is 4.90 Å². The minimum atomic E-state index is 0.354. The molecule has 3 unspecified atom stereocenters. The zero-order chi connectivity index (χ0) is 12.3. The molecule has 1 aliphatic rings. The molecule has 17 heavy (non-hydrogen) atoms. The monoisotopic (exact) mass is 255 g/mol. The standard InChI is InChI=1S/C12H21N3OS/c1-9(12-7-17-8-14-12)15-4-3-11(16-2)5-10(15)6-13/h7-11H,3-6,13H2,1-2H3. The molecule has 2 heterocycles. The van der Waals surface area contributed by atoms with Crippen LogP contribution >= 0.6 is 11.3 Å². The number of nitrogens with two attached hydrogens (primary N) is 1. The molecule has 5 heteroatoms. The average molecular weight is 255 g/mol. The van der Waals surface area contributed by atoms with Gasteiger partial charge in [0.2, 0.25) is 0 Å². The van der Waals surface area contributed by atoms with Crippen LogP contribution < -0.4 is 5.73 Å². The van der Waals surface area contributed by atoms with Crippen molar-refractivity contribution in [2.75, 3.05) is 20.2 Å². The lowest BCUT2D eigenvalue weighted by molar-refractivity contribution is -0.00221. The summed E-state index contributed by atoms with van der Waals surface area (Å²) in [6.07, 6.45) is 2.48. The molecule has 3 atom stereocenters. The normalized spacial score (nSPS) is 28.2. The van der Waals surface area contributed by atoms with Gasteiger partial charge in [-0.1, -0.05) is 0 Å². The summed E-state index contributed by atoms with van der Waals surface area (Å²) in [5.41, 5.74) is 8.94. The van der Waals surface area contributed by atoms with Gasteiger partial charge in [0, 0.05) is 31.6 Å². The molecule has 0 aliphatic carbocycles. The van der Waals surface area contributed by atoms with E-state index in [0.717, 1.165) is 25.1 Å². The van der Waals surface area contributed by atoms with Gasteiger partial charge in [-0.25, -0.2) is 4.98 Å². The van der Waals surface area contributed by atoms with Crippen LogP contribution in [0.3, 0.4) is 0 Å². The maximum Gasteiger partial charge on any atom is 0.0795 e. The second-order valence-electron chi connectivity index (χ2n) is 4.60. The molecule has 1 aliphatic heterocycles. The average Bonchev–Trinajstić information content (AvgIpc) is 2.91. The highest BCUT2D eigenvalue weighted by Crippen LogP contribution is 2.28. The SMILES string of the molecule is COC1CCN(C(C)c2cscn2)C(CN)C1. The molecule has 0 bridgehead atoms. The Morgan fingerprint density at radius 2 is 2.53 bits per heavy atom. The molecule has 1 aromatic rings. The number of likely N-dealkylation sites (tertiary alicyclic amines) is 1. The number of aromatic nitrogens is 1. The molecule has 0 aromatic carbocycles. The van der Waals surface area contributed by atoms with Gasteiger partial charge >= 0.3 is 0 Å². The van der Waals surface area contributed by atoms with Crippen LogP contribution in [0.4, 0.5) is 0 Å². The second-order valence-corrected chi connectivity index (χ2v) is 5.32. The molecule has 0 saturated carbocycles. The number of hydrogen-bond acceptors (Lipinski definition) is 5. The smallest absolute Gasteiger partial charge is 0.0795 e. The van der Waals surface area contributed by atoms with Gasteiger partial charge in [-0.15, -0.1) is 11.3 Å². The van der Waals surface area contributed by atoms with Crippen LogP contribution in [-0.4, -0.2) is 42.2 Å². The molecule has 2 rings (SSSR count). The predicted molar refractivity (Wildman–Crippen MR) is 70.1 cm³/mol. The summed E-state index contributed by atoms with van der Waals surface area (Å²) < 4.78 is 5.45. The van der Waals surface area contributed by atoms with Crippen molar-refractivity contribution < 1.29 is 4.74 Å². The number of thiazole rings is 1. The van der Waals surface area contributed by atoms with Crippen LogP contribution in [0.15, 0.2) is 10.9 Å². The van der Waals surface area contributed by atoms with Gasteiger partial charge in [0.15, 0.2) is 0 Å². The molecule has 0 spiro atoms. The van der Waals surface area contributed by atoms with Crippen LogP contribution in [0.25, 0.3) is 0 Å². The van der Waals surface area contributed by atoms with E-state index < -0.39 is 0 Å². The van der Waals surface area contributed by atoms with Crippen LogP contribution in [0, 0.1) is 0 Å². The quantitative estimate of drug-likeness (QED) is 0.888. The fourth-order valence-corrected chi connectivity index (χ4v) is 3.23. The first-order chi connectivity index (χ1) is 8.26. The summed E-state index contributed by atoms with van der Waals surface area (Å²) in [7, 11) is 1.79. The molecule has 0 amide bonds. The fraction of sp³-hybridized carbons (Fsp3) is 0.750. The Morgan fingerprint density at radius 3 is 3.12 bits per heavy atom. The highest BCUT2D eigenvalue weighted by Gasteiger charge is 2.31. The lowest BCUT2D eigenvalue weighted by Gasteiger charge is -2.41. The number of ether oxygens (including phenoxy) is 1. The summed E-state index contributed by atoms with van der Waals surface area (Å²) in [6.45, 7) is 3.94. The van der Waals surface area contributed by atoms with E-state index >= 15 is 0 Å². The highest BCUT2D eigenvalue weighted by atomic mass is 32.1. The van der Waals surface area contributed by atoms with E-state index in [1.165, 1.54) is 0 Å². The molecule has 2 N–H and O–H groups in total. The Labute approximate surface area is 107 Å². The number of hydrogen-bond donors (Lipinski definition) is 1. The fourth-order valence-electron chi connectivity index (χ4n) is 2.59. The van der Waals surface area contributed by atoms with Crippen molar-refractivity contribution in [2.45, 2.75) is 38.0 Å². The molecular formula is C12H21N3OS. The summed E-state index contributed by atoms with van der Waals surface area (Å²) in [6, 6.07) is 0.762. The van der Waals surface area contributed by atoms with Crippen molar-refractivity contribution in [3.05, 3.63) is 16.6 Å². The third-order valence-corrected chi connectivity index (χ3v) is 4.30. The van der Waals surface area contributed by atoms with Crippen LogP contribution in [0.1, 0.15) is 31.5 Å². The largest absolute Gasteiger partial charge is 0.381 e. The summed E-state index contributed by atoms with van der Waals surface area (Å²) >= 11 is 1.65. The van der Waals surface area contributed by atoms with Gasteiger partial charge in [0.05, 0.1) is 23.4 Å². The van der Waals surface area contributed by atoms with Crippen LogP contribution in [-0.2, 0) is 4.74 Å². The molecule has 1 fully saturated rings. The molecule has 1 saturated heterocycles. The molecule has 1 aromatic heterocycles. The summed E-state index contributed by atoms with van der Waals surface area (Å²) in [5, 5.41) is 2.13. The first kappa shape index (κ1) is 13.0. The molecular weight excluding hydrogens is 234 g/mol. The van der Waals surface area contributed by atoms with Crippen molar-refractivity contribution in [1.82, 2.24) is 9.88 Å². The van der Waals surface area contributed by atoms with E-state index in [9.17, 15) is 0 Å². The van der Waals surface area contributed by atoms with Crippen molar-refractivity contribution in [1.29, 1.82) is 0 Å². The second kappa shape index (κ2) is 5.91. The van der Waals surface area contributed by atoms with E-state index in [1.807, 2.05) is 5.51 Å².